The highest BCUT2D eigenvalue weighted by Crippen LogP contribution is 2.40. The van der Waals surface area contributed by atoms with Crippen molar-refractivity contribution < 1.29 is 27.5 Å². The maximum atomic E-state index is 14.5. The van der Waals surface area contributed by atoms with Crippen LogP contribution >= 0.6 is 0 Å². The number of amides is 1. The van der Waals surface area contributed by atoms with Gasteiger partial charge in [-0.25, -0.2) is 18.4 Å². The normalized spacial score (nSPS) is 19.5. The van der Waals surface area contributed by atoms with Crippen LogP contribution < -0.4 is 10.5 Å². The van der Waals surface area contributed by atoms with Gasteiger partial charge in [0.05, 0.1) is 23.2 Å². The maximum absolute atomic E-state index is 14.5. The lowest BCUT2D eigenvalue weighted by molar-refractivity contribution is 0.0839. The fourth-order valence-electron chi connectivity index (χ4n) is 5.97. The highest BCUT2D eigenvalue weighted by Gasteiger charge is 2.39. The zero-order chi connectivity index (χ0) is 29.4. The summed E-state index contributed by atoms with van der Waals surface area (Å²) in [7, 11) is -2.58. The van der Waals surface area contributed by atoms with Gasteiger partial charge >= 0.3 is 6.09 Å². The first kappa shape index (κ1) is 28.6. The number of nitrogens with two attached hydrogens (primary N) is 1. The third-order valence-electron chi connectivity index (χ3n) is 8.03. The van der Waals surface area contributed by atoms with Crippen molar-refractivity contribution in [1.82, 2.24) is 10.3 Å². The molecule has 1 aromatic heterocycles. The molecule has 9 nitrogen and oxygen atoms in total. The van der Waals surface area contributed by atoms with Crippen LogP contribution in [0.25, 0.3) is 10.9 Å². The van der Waals surface area contributed by atoms with Gasteiger partial charge in [0.1, 0.15) is 6.10 Å². The van der Waals surface area contributed by atoms with E-state index in [-0.39, 0.29) is 34.3 Å². The highest BCUT2D eigenvalue weighted by molar-refractivity contribution is 7.89. The molecule has 0 aliphatic heterocycles. The van der Waals surface area contributed by atoms with Gasteiger partial charge in [0.25, 0.3) is 0 Å². The Bertz CT molecular complexity index is 1680. The number of fused-ring (bicyclic) bond motifs is 1. The van der Waals surface area contributed by atoms with E-state index in [0.717, 1.165) is 42.1 Å². The molecule has 1 saturated carbocycles. The van der Waals surface area contributed by atoms with Crippen molar-refractivity contribution >= 4 is 32.8 Å². The monoisotopic (exact) mass is 577 g/mol. The van der Waals surface area contributed by atoms with Crippen LogP contribution in [0.2, 0.25) is 0 Å². The van der Waals surface area contributed by atoms with Crippen molar-refractivity contribution in [2.24, 2.45) is 10.6 Å². The van der Waals surface area contributed by atoms with Gasteiger partial charge in [0.2, 0.25) is 10.0 Å². The van der Waals surface area contributed by atoms with Crippen molar-refractivity contribution in [3.05, 3.63) is 88.5 Å². The molecule has 1 amide bonds. The molecular formula is C31H35N3O6S. The number of hydrogen-bond acceptors (Lipinski definition) is 6. The number of hydrogen-bond donors (Lipinski definition) is 3. The average Bonchev–Trinajstić information content (AvgIpc) is 3.57. The Hall–Kier alpha value is -3.89. The summed E-state index contributed by atoms with van der Waals surface area (Å²) in [5.74, 6) is 0.194. The van der Waals surface area contributed by atoms with Crippen molar-refractivity contribution in [3.8, 4) is 0 Å². The van der Waals surface area contributed by atoms with Crippen LogP contribution in [0.5, 0.6) is 0 Å². The number of ether oxygens (including phenoxy) is 2. The van der Waals surface area contributed by atoms with Gasteiger partial charge in [0, 0.05) is 41.2 Å². The first-order valence-electron chi connectivity index (χ1n) is 13.7. The van der Waals surface area contributed by atoms with Gasteiger partial charge < -0.3 is 14.5 Å². The number of ketones is 1. The number of alkyl carbamates (subject to hydrolysis) is 1. The fourth-order valence-corrected chi connectivity index (χ4v) is 6.75. The number of carbonyl (C=O) groups is 2. The summed E-state index contributed by atoms with van der Waals surface area (Å²) in [6.45, 7) is 3.36. The lowest BCUT2D eigenvalue weighted by Gasteiger charge is -2.31. The summed E-state index contributed by atoms with van der Waals surface area (Å²) in [5.41, 5.74) is 2.39. The third-order valence-corrected chi connectivity index (χ3v) is 9.08. The van der Waals surface area contributed by atoms with Gasteiger partial charge in [0.15, 0.2) is 5.78 Å². The van der Waals surface area contributed by atoms with Crippen LogP contribution in [0.4, 0.5) is 4.79 Å². The predicted octanol–water partition coefficient (Wildman–Crippen LogP) is 5.39. The number of Topliss-reactive ketones (excluding diaryl/α,β-unsaturated/α-hetero) is 1. The number of allylic oxidation sites excluding steroid dienone is 3. The summed E-state index contributed by atoms with van der Waals surface area (Å²) in [6, 6.07) is 11.0. The molecule has 2 aliphatic rings. The Morgan fingerprint density at radius 1 is 1.12 bits per heavy atom. The quantitative estimate of drug-likeness (QED) is 0.307. The van der Waals surface area contributed by atoms with E-state index >= 15 is 0 Å². The molecule has 216 valence electrons. The van der Waals surface area contributed by atoms with E-state index in [1.165, 1.54) is 13.2 Å². The Morgan fingerprint density at radius 2 is 1.85 bits per heavy atom. The SMILES string of the molecule is COC1=CC(NC(=O)OC2CCCC2)=CC(C)(C(=O)c2c(Cc3c[nH]c4ccccc34)ccc(S(N)(=O)=O)c2C)C1. The van der Waals surface area contributed by atoms with Crippen LogP contribution in [0, 0.1) is 12.3 Å². The van der Waals surface area contributed by atoms with Crippen molar-refractivity contribution in [3.63, 3.8) is 0 Å². The summed E-state index contributed by atoms with van der Waals surface area (Å²) >= 11 is 0. The molecule has 1 unspecified atom stereocenters. The molecule has 0 bridgehead atoms. The van der Waals surface area contributed by atoms with Gasteiger partial charge in [-0.1, -0.05) is 24.3 Å². The number of primary sulfonamides is 1. The van der Waals surface area contributed by atoms with Gasteiger partial charge in [-0.3, -0.25) is 10.1 Å². The van der Waals surface area contributed by atoms with Crippen LogP contribution in [0.3, 0.4) is 0 Å². The lowest BCUT2D eigenvalue weighted by atomic mass is 9.73. The molecule has 0 saturated heterocycles. The van der Waals surface area contributed by atoms with Crippen LogP contribution in [0.1, 0.15) is 66.1 Å². The zero-order valence-electron chi connectivity index (χ0n) is 23.5. The van der Waals surface area contributed by atoms with Crippen molar-refractivity contribution in [2.45, 2.75) is 63.4 Å². The maximum Gasteiger partial charge on any atom is 0.411 e. The molecular weight excluding hydrogens is 542 g/mol. The number of rotatable bonds is 8. The van der Waals surface area contributed by atoms with Gasteiger partial charge in [-0.2, -0.15) is 0 Å². The number of aromatic nitrogens is 1. The number of para-hydroxylation sites is 1. The Labute approximate surface area is 239 Å². The van der Waals surface area contributed by atoms with E-state index in [4.69, 9.17) is 14.6 Å². The number of carbonyl (C=O) groups excluding carboxylic acids is 2. The van der Waals surface area contributed by atoms with Crippen LogP contribution in [-0.2, 0) is 25.9 Å². The van der Waals surface area contributed by atoms with E-state index in [9.17, 15) is 18.0 Å². The molecule has 10 heteroatoms. The third kappa shape index (κ3) is 5.94. The number of aromatic amines is 1. The summed E-state index contributed by atoms with van der Waals surface area (Å²) in [4.78, 5) is 30.3. The molecule has 1 atom stereocenters. The summed E-state index contributed by atoms with van der Waals surface area (Å²) in [6.07, 6.45) is 8.89. The molecule has 2 aliphatic carbocycles. The van der Waals surface area contributed by atoms with E-state index in [2.05, 4.69) is 10.3 Å². The van der Waals surface area contributed by atoms with Crippen LogP contribution in [0.15, 0.2) is 71.1 Å². The van der Waals surface area contributed by atoms with Crippen LogP contribution in [-0.4, -0.2) is 38.5 Å². The molecule has 3 aromatic rings. The Morgan fingerprint density at radius 3 is 2.56 bits per heavy atom. The number of H-pyrrole nitrogens is 1. The number of methoxy groups -OCH3 is 1. The first-order valence-corrected chi connectivity index (χ1v) is 15.2. The molecule has 5 rings (SSSR count). The summed E-state index contributed by atoms with van der Waals surface area (Å²) < 4.78 is 36.0. The smallest absolute Gasteiger partial charge is 0.411 e. The van der Waals surface area contributed by atoms with Gasteiger partial charge in [-0.05, 0) is 80.5 Å². The van der Waals surface area contributed by atoms with Gasteiger partial charge in [-0.15, -0.1) is 0 Å². The molecule has 0 radical (unpaired) electrons. The molecule has 2 aromatic carbocycles. The predicted molar refractivity (Wildman–Crippen MR) is 156 cm³/mol. The topological polar surface area (TPSA) is 141 Å². The van der Waals surface area contributed by atoms with E-state index in [1.54, 1.807) is 32.1 Å². The minimum atomic E-state index is -4.09. The second-order valence-electron chi connectivity index (χ2n) is 11.1. The second kappa shape index (κ2) is 11.2. The second-order valence-corrected chi connectivity index (χ2v) is 12.6. The number of nitrogens with one attached hydrogen (secondary N) is 2. The number of sulfonamides is 1. The molecule has 41 heavy (non-hydrogen) atoms. The highest BCUT2D eigenvalue weighted by atomic mass is 32.2. The molecule has 0 spiro atoms. The lowest BCUT2D eigenvalue weighted by Crippen LogP contribution is -2.35. The van der Waals surface area contributed by atoms with E-state index < -0.39 is 21.5 Å². The Kier molecular flexibility index (Phi) is 7.80. The summed E-state index contributed by atoms with van der Waals surface area (Å²) in [5, 5.41) is 9.32. The standard InChI is InChI=1S/C31H35N3O6S/c1-19-27(41(32,37)38)13-12-20(14-21-18-33-26-11-7-6-10-25(21)26)28(19)29(35)31(2)16-22(15-24(17-31)39-3)34-30(36)40-23-8-4-5-9-23/h6-7,10-13,15-16,18,23,33H,4-5,8-9,14,17H2,1-3H3,(H,34,36)(H2,32,37,38). The van der Waals surface area contributed by atoms with Crippen molar-refractivity contribution in [1.29, 1.82) is 0 Å². The largest absolute Gasteiger partial charge is 0.501 e. The van der Waals surface area contributed by atoms with Crippen molar-refractivity contribution in [2.75, 3.05) is 7.11 Å². The minimum absolute atomic E-state index is 0.104. The zero-order valence-corrected chi connectivity index (χ0v) is 24.3. The number of benzene rings is 2. The van der Waals surface area contributed by atoms with E-state index in [1.807, 2.05) is 30.5 Å². The first-order chi connectivity index (χ1) is 19.5. The molecule has 1 heterocycles. The minimum Gasteiger partial charge on any atom is -0.501 e. The molecule has 1 fully saturated rings. The Balaban J connectivity index is 1.54. The van der Waals surface area contributed by atoms with E-state index in [0.29, 0.717) is 23.4 Å². The molecule has 4 N–H and O–H groups in total. The fraction of sp³-hybridized carbons (Fsp3) is 0.355. The average molecular weight is 578 g/mol.